The van der Waals surface area contributed by atoms with Crippen LogP contribution >= 0.6 is 23.2 Å². The van der Waals surface area contributed by atoms with Crippen LogP contribution in [-0.4, -0.2) is 50.6 Å². The van der Waals surface area contributed by atoms with Gasteiger partial charge in [0.2, 0.25) is 11.8 Å². The van der Waals surface area contributed by atoms with Gasteiger partial charge in [0.25, 0.3) is 5.91 Å². The summed E-state index contributed by atoms with van der Waals surface area (Å²) < 4.78 is 5.47. The van der Waals surface area contributed by atoms with E-state index in [4.69, 9.17) is 27.9 Å². The number of carbonyl (C=O) groups is 3. The summed E-state index contributed by atoms with van der Waals surface area (Å²) in [7, 11) is 0. The molecule has 0 spiro atoms. The molecule has 1 aromatic carbocycles. The molecule has 7 nitrogen and oxygen atoms in total. The monoisotopic (exact) mass is 415 g/mol. The zero-order valence-electron chi connectivity index (χ0n) is 14.9. The second-order valence-electron chi connectivity index (χ2n) is 6.31. The summed E-state index contributed by atoms with van der Waals surface area (Å²) in [5.74, 6) is -0.539. The van der Waals surface area contributed by atoms with E-state index in [-0.39, 0.29) is 29.6 Å². The van der Waals surface area contributed by atoms with Gasteiger partial charge in [-0.2, -0.15) is 0 Å². The van der Waals surface area contributed by atoms with Crippen molar-refractivity contribution in [2.75, 3.05) is 32.8 Å². The first-order chi connectivity index (χ1) is 13.0. The first kappa shape index (κ1) is 21.5. The highest BCUT2D eigenvalue weighted by atomic mass is 35.5. The SMILES string of the molecule is O=C(CNC(=O)CNC(=O)c1ccc(Cl)cc1Cl)NCCCOCC1CC1. The molecule has 0 aliphatic heterocycles. The Balaban J connectivity index is 1.54. The fourth-order valence-corrected chi connectivity index (χ4v) is 2.66. The number of benzene rings is 1. The van der Waals surface area contributed by atoms with E-state index in [0.29, 0.717) is 18.2 Å². The van der Waals surface area contributed by atoms with Crippen LogP contribution in [0, 0.1) is 5.92 Å². The largest absolute Gasteiger partial charge is 0.381 e. The Kier molecular flexibility index (Phi) is 8.84. The van der Waals surface area contributed by atoms with Crippen molar-refractivity contribution >= 4 is 40.9 Å². The molecular formula is C18H23Cl2N3O4. The van der Waals surface area contributed by atoms with Gasteiger partial charge in [0, 0.05) is 24.8 Å². The van der Waals surface area contributed by atoms with Crippen LogP contribution < -0.4 is 16.0 Å². The summed E-state index contributed by atoms with van der Waals surface area (Å²) in [6, 6.07) is 4.45. The minimum atomic E-state index is -0.498. The molecular weight excluding hydrogens is 393 g/mol. The molecule has 1 aromatic rings. The maximum Gasteiger partial charge on any atom is 0.253 e. The van der Waals surface area contributed by atoms with Gasteiger partial charge in [-0.1, -0.05) is 23.2 Å². The van der Waals surface area contributed by atoms with Gasteiger partial charge in [-0.15, -0.1) is 0 Å². The zero-order valence-corrected chi connectivity index (χ0v) is 16.4. The van der Waals surface area contributed by atoms with Crippen molar-refractivity contribution in [3.8, 4) is 0 Å². The van der Waals surface area contributed by atoms with Crippen LogP contribution in [-0.2, 0) is 14.3 Å². The number of nitrogens with one attached hydrogen (secondary N) is 3. The van der Waals surface area contributed by atoms with Gasteiger partial charge >= 0.3 is 0 Å². The summed E-state index contributed by atoms with van der Waals surface area (Å²) in [6.45, 7) is 1.49. The Hall–Kier alpha value is -1.83. The van der Waals surface area contributed by atoms with E-state index < -0.39 is 11.8 Å². The lowest BCUT2D eigenvalue weighted by Gasteiger charge is -2.09. The van der Waals surface area contributed by atoms with E-state index in [1.807, 2.05) is 0 Å². The number of hydrogen-bond acceptors (Lipinski definition) is 4. The quantitative estimate of drug-likeness (QED) is 0.479. The molecule has 3 amide bonds. The molecule has 27 heavy (non-hydrogen) atoms. The summed E-state index contributed by atoms with van der Waals surface area (Å²) in [4.78, 5) is 35.4. The molecule has 0 aromatic heterocycles. The number of carbonyl (C=O) groups excluding carboxylic acids is 3. The predicted octanol–water partition coefficient (Wildman–Crippen LogP) is 1.77. The summed E-state index contributed by atoms with van der Waals surface area (Å²) in [5, 5.41) is 8.18. The molecule has 0 atom stereocenters. The third kappa shape index (κ3) is 8.60. The molecule has 0 bridgehead atoms. The number of halogens is 2. The zero-order chi connectivity index (χ0) is 19.6. The van der Waals surface area contributed by atoms with E-state index >= 15 is 0 Å². The van der Waals surface area contributed by atoms with Crippen molar-refractivity contribution in [2.24, 2.45) is 5.92 Å². The Morgan fingerprint density at radius 2 is 1.74 bits per heavy atom. The molecule has 0 heterocycles. The van der Waals surface area contributed by atoms with Crippen molar-refractivity contribution in [3.63, 3.8) is 0 Å². The third-order valence-corrected chi connectivity index (χ3v) is 4.42. The summed E-state index contributed by atoms with van der Waals surface area (Å²) in [6.07, 6.45) is 3.23. The summed E-state index contributed by atoms with van der Waals surface area (Å²) >= 11 is 11.7. The highest BCUT2D eigenvalue weighted by molar-refractivity contribution is 6.36. The Morgan fingerprint density at radius 1 is 1.04 bits per heavy atom. The van der Waals surface area contributed by atoms with Gasteiger partial charge in [0.05, 0.1) is 23.7 Å². The minimum absolute atomic E-state index is 0.153. The van der Waals surface area contributed by atoms with Crippen molar-refractivity contribution in [3.05, 3.63) is 33.8 Å². The predicted molar refractivity (Wildman–Crippen MR) is 103 cm³/mol. The van der Waals surface area contributed by atoms with Gasteiger partial charge in [-0.3, -0.25) is 14.4 Å². The highest BCUT2D eigenvalue weighted by Crippen LogP contribution is 2.28. The van der Waals surface area contributed by atoms with E-state index in [1.165, 1.54) is 31.0 Å². The fourth-order valence-electron chi connectivity index (χ4n) is 2.17. The fraction of sp³-hybridized carbons (Fsp3) is 0.500. The smallest absolute Gasteiger partial charge is 0.253 e. The van der Waals surface area contributed by atoms with Crippen molar-refractivity contribution in [1.82, 2.24) is 16.0 Å². The average Bonchev–Trinajstić information content (AvgIpc) is 3.45. The molecule has 9 heteroatoms. The lowest BCUT2D eigenvalue weighted by molar-refractivity contribution is -0.125. The maximum atomic E-state index is 12.0. The van der Waals surface area contributed by atoms with Crippen LogP contribution in [0.15, 0.2) is 18.2 Å². The Morgan fingerprint density at radius 3 is 2.44 bits per heavy atom. The van der Waals surface area contributed by atoms with Crippen molar-refractivity contribution in [2.45, 2.75) is 19.3 Å². The minimum Gasteiger partial charge on any atom is -0.381 e. The molecule has 1 saturated carbocycles. The normalized spacial score (nSPS) is 13.1. The lowest BCUT2D eigenvalue weighted by atomic mass is 10.2. The van der Waals surface area contributed by atoms with Gasteiger partial charge in [-0.05, 0) is 43.4 Å². The van der Waals surface area contributed by atoms with E-state index in [2.05, 4.69) is 16.0 Å². The van der Waals surface area contributed by atoms with Crippen LogP contribution in [0.5, 0.6) is 0 Å². The highest BCUT2D eigenvalue weighted by Gasteiger charge is 2.20. The van der Waals surface area contributed by atoms with E-state index in [9.17, 15) is 14.4 Å². The van der Waals surface area contributed by atoms with Crippen molar-refractivity contribution in [1.29, 1.82) is 0 Å². The van der Waals surface area contributed by atoms with E-state index in [0.717, 1.165) is 18.9 Å². The van der Waals surface area contributed by atoms with Crippen LogP contribution in [0.1, 0.15) is 29.6 Å². The molecule has 148 valence electrons. The standard InChI is InChI=1S/C18H23Cl2N3O4/c19-13-4-5-14(15(20)8-13)18(26)23-10-17(25)22-9-16(24)21-6-1-7-27-11-12-2-3-12/h4-5,8,12H,1-3,6-7,9-11H2,(H,21,24)(H,22,25)(H,23,26). The molecule has 1 aliphatic rings. The first-order valence-corrected chi connectivity index (χ1v) is 9.55. The summed E-state index contributed by atoms with van der Waals surface area (Å²) in [5.41, 5.74) is 0.218. The van der Waals surface area contributed by atoms with E-state index in [1.54, 1.807) is 0 Å². The molecule has 0 radical (unpaired) electrons. The van der Waals surface area contributed by atoms with Gasteiger partial charge in [-0.25, -0.2) is 0 Å². The second kappa shape index (κ2) is 11.1. The van der Waals surface area contributed by atoms with Crippen molar-refractivity contribution < 1.29 is 19.1 Å². The molecule has 2 rings (SSSR count). The molecule has 1 fully saturated rings. The van der Waals surface area contributed by atoms with Gasteiger partial charge in [0.1, 0.15) is 0 Å². The van der Waals surface area contributed by atoms with Gasteiger partial charge in [0.15, 0.2) is 0 Å². The lowest BCUT2D eigenvalue weighted by Crippen LogP contribution is -2.42. The first-order valence-electron chi connectivity index (χ1n) is 8.80. The topological polar surface area (TPSA) is 96.5 Å². The number of rotatable bonds is 11. The average molecular weight is 416 g/mol. The number of amides is 3. The second-order valence-corrected chi connectivity index (χ2v) is 7.15. The third-order valence-electron chi connectivity index (χ3n) is 3.87. The Bertz CT molecular complexity index is 681. The Labute approximate surface area is 168 Å². The molecule has 0 unspecified atom stereocenters. The van der Waals surface area contributed by atoms with Crippen LogP contribution in [0.3, 0.4) is 0 Å². The number of ether oxygens (including phenoxy) is 1. The number of hydrogen-bond donors (Lipinski definition) is 3. The van der Waals surface area contributed by atoms with Crippen LogP contribution in [0.25, 0.3) is 0 Å². The molecule has 3 N–H and O–H groups in total. The van der Waals surface area contributed by atoms with Gasteiger partial charge < -0.3 is 20.7 Å². The van der Waals surface area contributed by atoms with Crippen LogP contribution in [0.2, 0.25) is 10.0 Å². The molecule has 0 saturated heterocycles. The molecule has 1 aliphatic carbocycles. The van der Waals surface area contributed by atoms with Crippen LogP contribution in [0.4, 0.5) is 0 Å². The maximum absolute atomic E-state index is 12.0.